The van der Waals surface area contributed by atoms with Crippen molar-refractivity contribution in [3.8, 4) is 0 Å². The molecule has 0 aromatic heterocycles. The van der Waals surface area contributed by atoms with Crippen LogP contribution in [-0.4, -0.2) is 56.1 Å². The molecule has 1 aromatic carbocycles. The summed E-state index contributed by atoms with van der Waals surface area (Å²) in [6.45, 7) is 7.04. The van der Waals surface area contributed by atoms with E-state index in [4.69, 9.17) is 5.73 Å². The molecule has 2 rings (SSSR count). The van der Waals surface area contributed by atoms with Gasteiger partial charge in [-0.15, -0.1) is 0 Å². The molecule has 0 aliphatic carbocycles. The van der Waals surface area contributed by atoms with Crippen molar-refractivity contribution in [2.75, 3.05) is 52.0 Å². The molecule has 106 valence electrons. The molecule has 0 unspecified atom stereocenters. The van der Waals surface area contributed by atoms with Crippen molar-refractivity contribution in [3.63, 3.8) is 0 Å². The third kappa shape index (κ3) is 5.40. The van der Waals surface area contributed by atoms with Gasteiger partial charge in [-0.25, -0.2) is 0 Å². The molecule has 5 heteroatoms. The van der Waals surface area contributed by atoms with E-state index in [1.165, 1.54) is 44.0 Å². The quantitative estimate of drug-likeness (QED) is 0.470. The van der Waals surface area contributed by atoms with Gasteiger partial charge in [0.15, 0.2) is 0 Å². The molecule has 0 spiro atoms. The van der Waals surface area contributed by atoms with Gasteiger partial charge < -0.3 is 15.5 Å². The topological polar surface area (TPSA) is 44.5 Å². The van der Waals surface area contributed by atoms with Gasteiger partial charge in [-0.3, -0.25) is 4.72 Å². The summed E-state index contributed by atoms with van der Waals surface area (Å²) in [5.41, 5.74) is 6.57. The van der Waals surface area contributed by atoms with Crippen LogP contribution in [0.3, 0.4) is 0 Å². The van der Waals surface area contributed by atoms with Crippen molar-refractivity contribution < 1.29 is 0 Å². The van der Waals surface area contributed by atoms with Crippen LogP contribution in [0, 0.1) is 0 Å². The third-order valence-corrected chi connectivity index (χ3v) is 4.24. The molecule has 1 heterocycles. The van der Waals surface area contributed by atoms with E-state index in [-0.39, 0.29) is 0 Å². The number of piperazine rings is 1. The number of hydrogen-bond donors (Lipinski definition) is 2. The average Bonchev–Trinajstić information content (AvgIpc) is 2.41. The second kappa shape index (κ2) is 7.75. The maximum absolute atomic E-state index is 5.75. The molecular formula is C14H24N4S. The van der Waals surface area contributed by atoms with E-state index < -0.39 is 0 Å². The zero-order chi connectivity index (χ0) is 13.5. The second-order valence-electron chi connectivity index (χ2n) is 5.07. The Morgan fingerprint density at radius 3 is 2.79 bits per heavy atom. The lowest BCUT2D eigenvalue weighted by Crippen LogP contribution is -2.44. The predicted molar refractivity (Wildman–Crippen MR) is 83.3 cm³/mol. The van der Waals surface area contributed by atoms with Crippen LogP contribution in [0.25, 0.3) is 0 Å². The number of hydrogen-bond acceptors (Lipinski definition) is 5. The molecule has 0 amide bonds. The van der Waals surface area contributed by atoms with Gasteiger partial charge in [-0.1, -0.05) is 6.07 Å². The molecule has 1 aromatic rings. The van der Waals surface area contributed by atoms with Crippen molar-refractivity contribution in [3.05, 3.63) is 24.3 Å². The standard InChI is InChI=1S/C14H24N4S/c1-17-8-10-18(11-9-17)7-3-6-16-19-14-5-2-4-13(15)12-14/h2,4-5,12,16H,3,6-11,15H2,1H3. The minimum Gasteiger partial charge on any atom is -0.399 e. The van der Waals surface area contributed by atoms with Gasteiger partial charge >= 0.3 is 0 Å². The first-order valence-corrected chi connectivity index (χ1v) is 7.72. The highest BCUT2D eigenvalue weighted by molar-refractivity contribution is 7.97. The molecule has 0 atom stereocenters. The maximum Gasteiger partial charge on any atom is 0.0325 e. The van der Waals surface area contributed by atoms with Crippen LogP contribution in [-0.2, 0) is 0 Å². The fourth-order valence-corrected chi connectivity index (χ4v) is 2.91. The Balaban J connectivity index is 1.55. The van der Waals surface area contributed by atoms with Crippen molar-refractivity contribution in [2.45, 2.75) is 11.3 Å². The lowest BCUT2D eigenvalue weighted by atomic mass is 10.3. The third-order valence-electron chi connectivity index (χ3n) is 3.40. The van der Waals surface area contributed by atoms with Gasteiger partial charge in [0.25, 0.3) is 0 Å². The first kappa shape index (κ1) is 14.7. The fraction of sp³-hybridized carbons (Fsp3) is 0.571. The molecule has 0 radical (unpaired) electrons. The summed E-state index contributed by atoms with van der Waals surface area (Å²) in [6, 6.07) is 7.98. The molecule has 0 saturated carbocycles. The Morgan fingerprint density at radius 1 is 1.26 bits per heavy atom. The molecule has 0 bridgehead atoms. The van der Waals surface area contributed by atoms with Crippen molar-refractivity contribution in [2.24, 2.45) is 0 Å². The van der Waals surface area contributed by atoms with Gasteiger partial charge in [0.1, 0.15) is 0 Å². The van der Waals surface area contributed by atoms with E-state index in [1.807, 2.05) is 18.2 Å². The number of benzene rings is 1. The number of rotatable bonds is 6. The van der Waals surface area contributed by atoms with Crippen molar-refractivity contribution in [1.29, 1.82) is 0 Å². The van der Waals surface area contributed by atoms with Crippen LogP contribution in [0.15, 0.2) is 29.2 Å². The van der Waals surface area contributed by atoms with Crippen LogP contribution >= 0.6 is 11.9 Å². The van der Waals surface area contributed by atoms with Crippen LogP contribution < -0.4 is 10.5 Å². The highest BCUT2D eigenvalue weighted by atomic mass is 32.2. The summed E-state index contributed by atoms with van der Waals surface area (Å²) >= 11 is 1.66. The van der Waals surface area contributed by atoms with Crippen molar-refractivity contribution >= 4 is 17.6 Å². The summed E-state index contributed by atoms with van der Waals surface area (Å²) < 4.78 is 3.40. The highest BCUT2D eigenvalue weighted by Crippen LogP contribution is 2.16. The smallest absolute Gasteiger partial charge is 0.0325 e. The SMILES string of the molecule is CN1CCN(CCCNSc2cccc(N)c2)CC1. The van der Waals surface area contributed by atoms with Crippen LogP contribution in [0.2, 0.25) is 0 Å². The van der Waals surface area contributed by atoms with E-state index in [1.54, 1.807) is 11.9 Å². The van der Waals surface area contributed by atoms with Gasteiger partial charge in [-0.05, 0) is 50.2 Å². The summed E-state index contributed by atoms with van der Waals surface area (Å²) in [5.74, 6) is 0. The minimum absolute atomic E-state index is 0.823. The number of nitrogens with one attached hydrogen (secondary N) is 1. The summed E-state index contributed by atoms with van der Waals surface area (Å²) in [7, 11) is 2.20. The molecule has 3 N–H and O–H groups in total. The Labute approximate surface area is 120 Å². The predicted octanol–water partition coefficient (Wildman–Crippen LogP) is 1.50. The second-order valence-corrected chi connectivity index (χ2v) is 6.03. The normalized spacial score (nSPS) is 17.7. The first-order valence-electron chi connectivity index (χ1n) is 6.90. The lowest BCUT2D eigenvalue weighted by Gasteiger charge is -2.32. The Morgan fingerprint density at radius 2 is 2.05 bits per heavy atom. The fourth-order valence-electron chi connectivity index (χ4n) is 2.16. The van der Waals surface area contributed by atoms with Crippen LogP contribution in [0.1, 0.15) is 6.42 Å². The first-order chi connectivity index (χ1) is 9.24. The molecule has 1 aliphatic rings. The molecule has 19 heavy (non-hydrogen) atoms. The van der Waals surface area contributed by atoms with Crippen LogP contribution in [0.4, 0.5) is 5.69 Å². The molecule has 1 saturated heterocycles. The van der Waals surface area contributed by atoms with Gasteiger partial charge in [0.2, 0.25) is 0 Å². The Hall–Kier alpha value is -0.750. The summed E-state index contributed by atoms with van der Waals surface area (Å²) in [5, 5.41) is 0. The largest absolute Gasteiger partial charge is 0.399 e. The number of nitrogen functional groups attached to an aromatic ring is 1. The van der Waals surface area contributed by atoms with E-state index in [0.717, 1.165) is 12.2 Å². The molecule has 1 fully saturated rings. The number of anilines is 1. The van der Waals surface area contributed by atoms with E-state index in [9.17, 15) is 0 Å². The number of nitrogens with zero attached hydrogens (tertiary/aromatic N) is 2. The lowest BCUT2D eigenvalue weighted by molar-refractivity contribution is 0.153. The van der Waals surface area contributed by atoms with E-state index >= 15 is 0 Å². The number of nitrogens with two attached hydrogens (primary N) is 1. The van der Waals surface area contributed by atoms with Gasteiger partial charge in [0, 0.05) is 43.3 Å². The Bertz CT molecular complexity index is 377. The Kier molecular flexibility index (Phi) is 5.97. The minimum atomic E-state index is 0.823. The molecule has 1 aliphatic heterocycles. The molecular weight excluding hydrogens is 256 g/mol. The number of likely N-dealkylation sites (N-methyl/N-ethyl adjacent to an activating group) is 1. The summed E-state index contributed by atoms with van der Waals surface area (Å²) in [6.07, 6.45) is 1.19. The molecule has 4 nitrogen and oxygen atoms in total. The average molecular weight is 280 g/mol. The summed E-state index contributed by atoms with van der Waals surface area (Å²) in [4.78, 5) is 6.12. The highest BCUT2D eigenvalue weighted by Gasteiger charge is 2.12. The van der Waals surface area contributed by atoms with Crippen LogP contribution in [0.5, 0.6) is 0 Å². The zero-order valence-corrected chi connectivity index (χ0v) is 12.5. The van der Waals surface area contributed by atoms with E-state index in [2.05, 4.69) is 27.6 Å². The van der Waals surface area contributed by atoms with E-state index in [0.29, 0.717) is 0 Å². The monoisotopic (exact) mass is 280 g/mol. The van der Waals surface area contributed by atoms with Gasteiger partial charge in [0.05, 0.1) is 0 Å². The zero-order valence-electron chi connectivity index (χ0n) is 11.6. The maximum atomic E-state index is 5.75. The van der Waals surface area contributed by atoms with Crippen molar-refractivity contribution in [1.82, 2.24) is 14.5 Å². The van der Waals surface area contributed by atoms with Gasteiger partial charge in [-0.2, -0.15) is 0 Å².